The minimum absolute atomic E-state index is 0.176. The highest BCUT2D eigenvalue weighted by Crippen LogP contribution is 2.24. The summed E-state index contributed by atoms with van der Waals surface area (Å²) in [4.78, 5) is 0.363. The van der Waals surface area contributed by atoms with Crippen LogP contribution >= 0.6 is 0 Å². The summed E-state index contributed by atoms with van der Waals surface area (Å²) in [6.07, 6.45) is 1.39. The van der Waals surface area contributed by atoms with E-state index in [1.807, 2.05) is 20.8 Å². The van der Waals surface area contributed by atoms with Gasteiger partial charge in [0.2, 0.25) is 0 Å². The van der Waals surface area contributed by atoms with E-state index in [9.17, 15) is 4.21 Å². The number of hydrogen-bond donors (Lipinski definition) is 2. The molecule has 1 aromatic heterocycles. The van der Waals surface area contributed by atoms with Crippen LogP contribution in [-0.4, -0.2) is 19.0 Å². The van der Waals surface area contributed by atoms with Gasteiger partial charge in [0.25, 0.3) is 0 Å². The van der Waals surface area contributed by atoms with Gasteiger partial charge in [-0.2, -0.15) is 5.10 Å². The molecule has 2 N–H and O–H groups in total. The van der Waals surface area contributed by atoms with Gasteiger partial charge in [0.1, 0.15) is 4.90 Å². The number of nitrogens with one attached hydrogen (secondary N) is 1. The number of nitrogens with zero attached hydrogens (tertiary/aromatic N) is 1. The van der Waals surface area contributed by atoms with Crippen LogP contribution in [0.5, 0.6) is 0 Å². The molecule has 0 spiro atoms. The summed E-state index contributed by atoms with van der Waals surface area (Å²) in [5, 5.41) is 6.46. The molecular formula is C7H12N2O2S. The molecule has 1 unspecified atom stereocenters. The third-order valence-electron chi connectivity index (χ3n) is 1.54. The van der Waals surface area contributed by atoms with Crippen LogP contribution in [0, 0.1) is 0 Å². The van der Waals surface area contributed by atoms with E-state index in [1.54, 1.807) is 0 Å². The number of hydrogen-bond acceptors (Lipinski definition) is 2. The van der Waals surface area contributed by atoms with Gasteiger partial charge in [-0.15, -0.1) is 0 Å². The second-order valence-electron chi connectivity index (χ2n) is 3.61. The summed E-state index contributed by atoms with van der Waals surface area (Å²) in [6, 6.07) is 0. The van der Waals surface area contributed by atoms with Crippen LogP contribution < -0.4 is 0 Å². The van der Waals surface area contributed by atoms with E-state index in [4.69, 9.17) is 4.55 Å². The topological polar surface area (TPSA) is 66.0 Å². The minimum Gasteiger partial charge on any atom is -0.302 e. The molecule has 12 heavy (non-hydrogen) atoms. The number of aromatic amines is 1. The molecule has 1 atom stereocenters. The number of H-pyrrole nitrogens is 1. The SMILES string of the molecule is CC(C)(C)c1[nH]ncc1S(=O)O. The van der Waals surface area contributed by atoms with Crippen LogP contribution in [0.4, 0.5) is 0 Å². The van der Waals surface area contributed by atoms with Crippen molar-refractivity contribution in [3.8, 4) is 0 Å². The second kappa shape index (κ2) is 2.99. The van der Waals surface area contributed by atoms with Gasteiger partial charge in [-0.05, 0) is 0 Å². The van der Waals surface area contributed by atoms with Gasteiger partial charge in [-0.25, -0.2) is 4.21 Å². The normalized spacial score (nSPS) is 14.7. The Kier molecular flexibility index (Phi) is 2.34. The first-order valence-electron chi connectivity index (χ1n) is 3.57. The average molecular weight is 188 g/mol. The van der Waals surface area contributed by atoms with Crippen molar-refractivity contribution >= 4 is 11.1 Å². The van der Waals surface area contributed by atoms with Gasteiger partial charge in [-0.1, -0.05) is 20.8 Å². The van der Waals surface area contributed by atoms with E-state index >= 15 is 0 Å². The molecule has 0 aliphatic rings. The highest BCUT2D eigenvalue weighted by Gasteiger charge is 2.22. The first kappa shape index (κ1) is 9.41. The molecule has 0 saturated heterocycles. The first-order valence-corrected chi connectivity index (χ1v) is 4.68. The fourth-order valence-electron chi connectivity index (χ4n) is 0.945. The molecule has 0 bridgehead atoms. The largest absolute Gasteiger partial charge is 0.302 e. The zero-order valence-corrected chi connectivity index (χ0v) is 8.10. The van der Waals surface area contributed by atoms with Crippen molar-refractivity contribution in [2.24, 2.45) is 0 Å². The predicted octanol–water partition coefficient (Wildman–Crippen LogP) is 1.29. The van der Waals surface area contributed by atoms with E-state index in [0.717, 1.165) is 0 Å². The number of aromatic nitrogens is 2. The summed E-state index contributed by atoms with van der Waals surface area (Å²) >= 11 is -1.95. The molecule has 1 rings (SSSR count). The lowest BCUT2D eigenvalue weighted by atomic mass is 9.92. The Morgan fingerprint density at radius 1 is 1.58 bits per heavy atom. The highest BCUT2D eigenvalue weighted by molar-refractivity contribution is 7.79. The summed E-state index contributed by atoms with van der Waals surface area (Å²) in [5.74, 6) is 0. The van der Waals surface area contributed by atoms with Gasteiger partial charge in [-0.3, -0.25) is 5.10 Å². The smallest absolute Gasteiger partial charge is 0.190 e. The van der Waals surface area contributed by atoms with Gasteiger partial charge in [0.15, 0.2) is 11.1 Å². The summed E-state index contributed by atoms with van der Waals surface area (Å²) in [7, 11) is 0. The molecule has 1 heterocycles. The Balaban J connectivity index is 3.17. The third-order valence-corrected chi connectivity index (χ3v) is 2.23. The first-order chi connectivity index (χ1) is 5.43. The molecule has 0 aliphatic heterocycles. The molecule has 5 heteroatoms. The third kappa shape index (κ3) is 1.73. The van der Waals surface area contributed by atoms with Crippen LogP contribution in [-0.2, 0) is 16.5 Å². The van der Waals surface area contributed by atoms with E-state index in [0.29, 0.717) is 10.6 Å². The number of rotatable bonds is 1. The van der Waals surface area contributed by atoms with Crippen molar-refractivity contribution in [2.75, 3.05) is 0 Å². The molecule has 0 aliphatic carbocycles. The average Bonchev–Trinajstić information content (AvgIpc) is 2.30. The van der Waals surface area contributed by atoms with Crippen molar-refractivity contribution < 1.29 is 8.76 Å². The lowest BCUT2D eigenvalue weighted by Crippen LogP contribution is -2.14. The lowest BCUT2D eigenvalue weighted by Gasteiger charge is -2.16. The molecule has 0 fully saturated rings. The Labute approximate surface area is 73.7 Å². The molecule has 68 valence electrons. The fraction of sp³-hybridized carbons (Fsp3) is 0.571. The summed E-state index contributed by atoms with van der Waals surface area (Å²) in [5.41, 5.74) is 0.535. The quantitative estimate of drug-likeness (QED) is 0.652. The van der Waals surface area contributed by atoms with Crippen molar-refractivity contribution in [1.82, 2.24) is 10.2 Å². The van der Waals surface area contributed by atoms with Crippen LogP contribution in [0.2, 0.25) is 0 Å². The van der Waals surface area contributed by atoms with Crippen LogP contribution in [0.1, 0.15) is 26.5 Å². The summed E-state index contributed by atoms with van der Waals surface area (Å²) < 4.78 is 19.6. The molecule has 0 aromatic carbocycles. The maximum atomic E-state index is 10.8. The molecule has 4 nitrogen and oxygen atoms in total. The molecular weight excluding hydrogens is 176 g/mol. The van der Waals surface area contributed by atoms with Crippen molar-refractivity contribution in [1.29, 1.82) is 0 Å². The van der Waals surface area contributed by atoms with Gasteiger partial charge >= 0.3 is 0 Å². The van der Waals surface area contributed by atoms with Crippen LogP contribution in [0.25, 0.3) is 0 Å². The maximum absolute atomic E-state index is 10.8. The van der Waals surface area contributed by atoms with E-state index in [-0.39, 0.29) is 5.41 Å². The van der Waals surface area contributed by atoms with Gasteiger partial charge < -0.3 is 4.55 Å². The van der Waals surface area contributed by atoms with Crippen molar-refractivity contribution in [3.63, 3.8) is 0 Å². The van der Waals surface area contributed by atoms with Gasteiger partial charge in [0, 0.05) is 5.41 Å². The minimum atomic E-state index is -1.95. The van der Waals surface area contributed by atoms with Crippen molar-refractivity contribution in [2.45, 2.75) is 31.1 Å². The monoisotopic (exact) mass is 188 g/mol. The molecule has 1 aromatic rings. The second-order valence-corrected chi connectivity index (χ2v) is 4.55. The molecule has 0 saturated carbocycles. The predicted molar refractivity (Wildman–Crippen MR) is 46.3 cm³/mol. The van der Waals surface area contributed by atoms with Gasteiger partial charge in [0.05, 0.1) is 11.9 Å². The maximum Gasteiger partial charge on any atom is 0.190 e. The fourth-order valence-corrected chi connectivity index (χ4v) is 1.61. The Bertz CT molecular complexity index is 301. The highest BCUT2D eigenvalue weighted by atomic mass is 32.2. The molecule has 0 radical (unpaired) electrons. The Morgan fingerprint density at radius 3 is 2.50 bits per heavy atom. The lowest BCUT2D eigenvalue weighted by molar-refractivity contribution is 0.536. The molecule has 0 amide bonds. The van der Waals surface area contributed by atoms with E-state index in [2.05, 4.69) is 10.2 Å². The van der Waals surface area contributed by atoms with E-state index < -0.39 is 11.1 Å². The van der Waals surface area contributed by atoms with E-state index in [1.165, 1.54) is 6.20 Å². The van der Waals surface area contributed by atoms with Crippen molar-refractivity contribution in [3.05, 3.63) is 11.9 Å². The Morgan fingerprint density at radius 2 is 2.17 bits per heavy atom. The Hall–Kier alpha value is -0.680. The standard InChI is InChI=1S/C7H12N2O2S/c1-7(2,3)6-5(12(10)11)4-8-9-6/h4H,1-3H3,(H,8,9)(H,10,11). The van der Waals surface area contributed by atoms with Crippen LogP contribution in [0.15, 0.2) is 11.1 Å². The van der Waals surface area contributed by atoms with Crippen LogP contribution in [0.3, 0.4) is 0 Å². The summed E-state index contributed by atoms with van der Waals surface area (Å²) in [6.45, 7) is 5.87. The zero-order valence-electron chi connectivity index (χ0n) is 7.29. The zero-order chi connectivity index (χ0) is 9.35.